The highest BCUT2D eigenvalue weighted by atomic mass is 16.6. The summed E-state index contributed by atoms with van der Waals surface area (Å²) in [5, 5.41) is 5.27. The third-order valence-electron chi connectivity index (χ3n) is 6.09. The van der Waals surface area contributed by atoms with E-state index in [-0.39, 0.29) is 24.8 Å². The largest absolute Gasteiger partial charge is 0.459 e. The minimum Gasteiger partial charge on any atom is -0.459 e. The van der Waals surface area contributed by atoms with Gasteiger partial charge in [-0.3, -0.25) is 14.4 Å². The van der Waals surface area contributed by atoms with Gasteiger partial charge in [-0.25, -0.2) is 4.79 Å². The van der Waals surface area contributed by atoms with Crippen molar-refractivity contribution < 1.29 is 28.7 Å². The molecular formula is C29H40N2O6. The molecule has 37 heavy (non-hydrogen) atoms. The molecule has 0 saturated heterocycles. The predicted molar refractivity (Wildman–Crippen MR) is 142 cm³/mol. The number of carbonyl (C=O) groups is 4. The first-order valence-corrected chi connectivity index (χ1v) is 12.8. The first-order chi connectivity index (χ1) is 17.4. The molecule has 1 aromatic carbocycles. The molecule has 8 nitrogen and oxygen atoms in total. The summed E-state index contributed by atoms with van der Waals surface area (Å²) in [6, 6.07) is 8.94. The molecule has 2 N–H and O–H groups in total. The predicted octanol–water partition coefficient (Wildman–Crippen LogP) is 3.81. The van der Waals surface area contributed by atoms with Crippen molar-refractivity contribution >= 4 is 29.8 Å². The zero-order valence-electron chi connectivity index (χ0n) is 22.7. The molecule has 202 valence electrons. The van der Waals surface area contributed by atoms with Crippen LogP contribution in [0.2, 0.25) is 0 Å². The van der Waals surface area contributed by atoms with E-state index in [9.17, 15) is 19.2 Å². The highest BCUT2D eigenvalue weighted by molar-refractivity contribution is 5.93. The van der Waals surface area contributed by atoms with E-state index in [0.29, 0.717) is 6.42 Å². The molecule has 0 fully saturated rings. The standard InChI is InChI=1S/C29H40N2O6/c1-19(2)17-24-27(34)36-23(20(3)15-16-22-11-8-7-9-12-22)13-10-14-25(32)31-21(4)26(33)30-18-29(5,6)28(35)37-24/h7-12,14-16,19-21,23-24H,13,17-18H2,1-6H3,(H,30,33)(H,31,32)/b14-10+,16-15+/t20-,21?,23+,24+/m1/s1. The van der Waals surface area contributed by atoms with Crippen molar-refractivity contribution in [1.82, 2.24) is 10.6 Å². The molecule has 1 aliphatic rings. The fourth-order valence-electron chi connectivity index (χ4n) is 3.63. The first-order valence-electron chi connectivity index (χ1n) is 12.8. The fraction of sp³-hybridized carbons (Fsp3) is 0.517. The third kappa shape index (κ3) is 9.86. The van der Waals surface area contributed by atoms with Crippen LogP contribution in [-0.4, -0.2) is 48.5 Å². The lowest BCUT2D eigenvalue weighted by Crippen LogP contribution is -2.49. The minimum absolute atomic E-state index is 0.0197. The molecule has 1 aromatic rings. The van der Waals surface area contributed by atoms with E-state index in [1.165, 1.54) is 6.08 Å². The van der Waals surface area contributed by atoms with Gasteiger partial charge < -0.3 is 20.1 Å². The van der Waals surface area contributed by atoms with E-state index >= 15 is 0 Å². The second kappa shape index (κ2) is 13.8. The number of ether oxygens (including phenoxy) is 2. The Balaban J connectivity index is 2.35. The van der Waals surface area contributed by atoms with Gasteiger partial charge in [0.1, 0.15) is 12.1 Å². The first kappa shape index (κ1) is 29.8. The van der Waals surface area contributed by atoms with Crippen LogP contribution in [0.15, 0.2) is 48.6 Å². The Morgan fingerprint density at radius 1 is 1.05 bits per heavy atom. The number of cyclic esters (lactones) is 2. The zero-order valence-corrected chi connectivity index (χ0v) is 22.7. The maximum atomic E-state index is 13.3. The van der Waals surface area contributed by atoms with Gasteiger partial charge in [-0.05, 0) is 44.7 Å². The highest BCUT2D eigenvalue weighted by Gasteiger charge is 2.36. The smallest absolute Gasteiger partial charge is 0.347 e. The van der Waals surface area contributed by atoms with Gasteiger partial charge in [0.2, 0.25) is 11.8 Å². The molecule has 0 aromatic heterocycles. The van der Waals surface area contributed by atoms with Gasteiger partial charge in [-0.15, -0.1) is 0 Å². The summed E-state index contributed by atoms with van der Waals surface area (Å²) in [7, 11) is 0. The lowest BCUT2D eigenvalue weighted by molar-refractivity contribution is -0.178. The van der Waals surface area contributed by atoms with Gasteiger partial charge in [-0.2, -0.15) is 0 Å². The van der Waals surface area contributed by atoms with E-state index in [1.807, 2.05) is 63.3 Å². The summed E-state index contributed by atoms with van der Waals surface area (Å²) in [4.78, 5) is 51.1. The molecular weight excluding hydrogens is 472 g/mol. The quantitative estimate of drug-likeness (QED) is 0.581. The maximum Gasteiger partial charge on any atom is 0.347 e. The Labute approximate surface area is 219 Å². The van der Waals surface area contributed by atoms with Gasteiger partial charge in [0.15, 0.2) is 6.10 Å². The summed E-state index contributed by atoms with van der Waals surface area (Å²) in [5.74, 6) is -2.25. The molecule has 1 aliphatic heterocycles. The number of benzene rings is 1. The fourth-order valence-corrected chi connectivity index (χ4v) is 3.63. The average molecular weight is 513 g/mol. The van der Waals surface area contributed by atoms with Crippen LogP contribution in [0, 0.1) is 17.3 Å². The summed E-state index contributed by atoms with van der Waals surface area (Å²) < 4.78 is 11.5. The van der Waals surface area contributed by atoms with E-state index in [2.05, 4.69) is 10.6 Å². The molecule has 0 aliphatic carbocycles. The van der Waals surface area contributed by atoms with E-state index in [4.69, 9.17) is 9.47 Å². The maximum absolute atomic E-state index is 13.3. The lowest BCUT2D eigenvalue weighted by Gasteiger charge is -2.29. The zero-order chi connectivity index (χ0) is 27.6. The van der Waals surface area contributed by atoms with Crippen LogP contribution < -0.4 is 10.6 Å². The molecule has 0 saturated carbocycles. The number of esters is 2. The third-order valence-corrected chi connectivity index (χ3v) is 6.09. The number of rotatable bonds is 5. The van der Waals surface area contributed by atoms with Crippen LogP contribution in [0.25, 0.3) is 6.08 Å². The topological polar surface area (TPSA) is 111 Å². The van der Waals surface area contributed by atoms with E-state index < -0.39 is 47.4 Å². The normalized spacial score (nSPS) is 25.6. The summed E-state index contributed by atoms with van der Waals surface area (Å²) in [5.41, 5.74) is -0.0957. The summed E-state index contributed by atoms with van der Waals surface area (Å²) in [6.07, 6.45) is 5.70. The van der Waals surface area contributed by atoms with Crippen LogP contribution in [0.4, 0.5) is 0 Å². The van der Waals surface area contributed by atoms with Crippen molar-refractivity contribution in [3.8, 4) is 0 Å². The second-order valence-corrected chi connectivity index (χ2v) is 10.6. The van der Waals surface area contributed by atoms with Crippen molar-refractivity contribution in [1.29, 1.82) is 0 Å². The number of hydrogen-bond donors (Lipinski definition) is 2. The van der Waals surface area contributed by atoms with Crippen molar-refractivity contribution in [2.75, 3.05) is 6.54 Å². The molecule has 1 unspecified atom stereocenters. The molecule has 1 heterocycles. The van der Waals surface area contributed by atoms with Crippen LogP contribution in [0.5, 0.6) is 0 Å². The highest BCUT2D eigenvalue weighted by Crippen LogP contribution is 2.23. The molecule has 8 heteroatoms. The Morgan fingerprint density at radius 2 is 1.73 bits per heavy atom. The Bertz CT molecular complexity index is 999. The van der Waals surface area contributed by atoms with Gasteiger partial charge in [0.05, 0.1) is 5.41 Å². The average Bonchev–Trinajstić information content (AvgIpc) is 2.84. The number of carbonyl (C=O) groups excluding carboxylic acids is 4. The van der Waals surface area contributed by atoms with Crippen LogP contribution in [0.3, 0.4) is 0 Å². The van der Waals surface area contributed by atoms with Crippen molar-refractivity contribution in [2.24, 2.45) is 17.3 Å². The van der Waals surface area contributed by atoms with Crippen molar-refractivity contribution in [2.45, 2.75) is 72.6 Å². The van der Waals surface area contributed by atoms with E-state index in [0.717, 1.165) is 5.56 Å². The molecule has 2 rings (SSSR count). The van der Waals surface area contributed by atoms with Gasteiger partial charge in [0, 0.05) is 18.9 Å². The Morgan fingerprint density at radius 3 is 2.38 bits per heavy atom. The summed E-state index contributed by atoms with van der Waals surface area (Å²) >= 11 is 0. The van der Waals surface area contributed by atoms with Gasteiger partial charge in [0.25, 0.3) is 0 Å². The van der Waals surface area contributed by atoms with Gasteiger partial charge in [-0.1, -0.05) is 69.3 Å². The molecule has 0 bridgehead atoms. The monoisotopic (exact) mass is 512 g/mol. The number of nitrogens with one attached hydrogen (secondary N) is 2. The van der Waals surface area contributed by atoms with Crippen LogP contribution in [-0.2, 0) is 28.7 Å². The van der Waals surface area contributed by atoms with Crippen LogP contribution >= 0.6 is 0 Å². The second-order valence-electron chi connectivity index (χ2n) is 10.6. The Kier molecular flexibility index (Phi) is 11.1. The lowest BCUT2D eigenvalue weighted by atomic mass is 9.93. The molecule has 2 amide bonds. The van der Waals surface area contributed by atoms with Gasteiger partial charge >= 0.3 is 11.9 Å². The van der Waals surface area contributed by atoms with E-state index in [1.54, 1.807) is 26.8 Å². The summed E-state index contributed by atoms with van der Waals surface area (Å²) in [6.45, 7) is 10.6. The van der Waals surface area contributed by atoms with Crippen LogP contribution in [0.1, 0.15) is 59.9 Å². The molecule has 0 spiro atoms. The number of amides is 2. The number of hydrogen-bond acceptors (Lipinski definition) is 6. The Hall–Kier alpha value is -3.42. The SMILES string of the molecule is CC(C)C[C@@H]1OC(=O)C(C)(C)CNC(=O)C(C)NC(=O)/C=C/C[C@@H]([C@H](C)/C=C/c2ccccc2)OC1=O. The molecule has 0 radical (unpaired) electrons. The van der Waals surface area contributed by atoms with Crippen molar-refractivity contribution in [3.63, 3.8) is 0 Å². The minimum atomic E-state index is -1.10. The van der Waals surface area contributed by atoms with Crippen molar-refractivity contribution in [3.05, 3.63) is 54.1 Å². The molecule has 4 atom stereocenters.